The van der Waals surface area contributed by atoms with E-state index in [4.69, 9.17) is 16.0 Å². The number of benzene rings is 2. The number of nitrogens with one attached hydrogen (secondary N) is 1. The number of rotatable bonds is 2. The number of nitrogens with zero attached hydrogens (tertiary/aromatic N) is 2. The maximum atomic E-state index is 12.2. The van der Waals surface area contributed by atoms with Gasteiger partial charge in [0.2, 0.25) is 0 Å². The number of aromatic nitrogens is 1. The predicted octanol–water partition coefficient (Wildman–Crippen LogP) is 4.68. The summed E-state index contributed by atoms with van der Waals surface area (Å²) in [7, 11) is 0. The van der Waals surface area contributed by atoms with Gasteiger partial charge in [0.15, 0.2) is 16.6 Å². The summed E-state index contributed by atoms with van der Waals surface area (Å²) in [5.41, 5.74) is 2.97. The van der Waals surface area contributed by atoms with E-state index in [0.717, 1.165) is 11.1 Å². The highest BCUT2D eigenvalue weighted by molar-refractivity contribution is 8.18. The molecule has 0 bridgehead atoms. The standard InChI is InChI=1S/C18H12ClN3O2S/c1-10-20-14-7-6-11(8-15(14)24-10)9-16-17(23)22-18(25-16)21-13-5-3-2-4-12(13)19/h2-9H,1H3,(H,21,22,23). The lowest BCUT2D eigenvalue weighted by atomic mass is 10.2. The van der Waals surface area contributed by atoms with Gasteiger partial charge in [-0.2, -0.15) is 0 Å². The van der Waals surface area contributed by atoms with Gasteiger partial charge in [0.05, 0.1) is 15.6 Å². The van der Waals surface area contributed by atoms with E-state index in [0.29, 0.717) is 32.3 Å². The zero-order valence-electron chi connectivity index (χ0n) is 13.1. The van der Waals surface area contributed by atoms with E-state index in [1.807, 2.05) is 30.3 Å². The fourth-order valence-corrected chi connectivity index (χ4v) is 3.44. The number of oxazole rings is 1. The first-order chi connectivity index (χ1) is 12.1. The number of aryl methyl sites for hydroxylation is 1. The first-order valence-corrected chi connectivity index (χ1v) is 8.69. The molecule has 2 heterocycles. The smallest absolute Gasteiger partial charge is 0.264 e. The van der Waals surface area contributed by atoms with Crippen molar-refractivity contribution in [3.05, 3.63) is 63.8 Å². The highest BCUT2D eigenvalue weighted by Gasteiger charge is 2.24. The predicted molar refractivity (Wildman–Crippen MR) is 101 cm³/mol. The molecule has 0 aliphatic carbocycles. The number of hydrogen-bond donors (Lipinski definition) is 1. The molecule has 0 atom stereocenters. The average Bonchev–Trinajstić information content (AvgIpc) is 3.11. The Bertz CT molecular complexity index is 1060. The molecule has 1 aromatic heterocycles. The fraction of sp³-hybridized carbons (Fsp3) is 0.0556. The monoisotopic (exact) mass is 369 g/mol. The molecule has 7 heteroatoms. The second-order valence-electron chi connectivity index (χ2n) is 5.39. The number of para-hydroxylation sites is 1. The van der Waals surface area contributed by atoms with Crippen LogP contribution in [-0.4, -0.2) is 16.1 Å². The topological polar surface area (TPSA) is 67.5 Å². The number of aliphatic imine (C=N–C) groups is 1. The molecule has 1 N–H and O–H groups in total. The number of halogens is 1. The van der Waals surface area contributed by atoms with Crippen LogP contribution < -0.4 is 5.32 Å². The zero-order chi connectivity index (χ0) is 17.4. The molecule has 1 fully saturated rings. The lowest BCUT2D eigenvalue weighted by Gasteiger charge is -1.98. The molecule has 1 aliphatic heterocycles. The van der Waals surface area contributed by atoms with Crippen LogP contribution in [0.4, 0.5) is 5.69 Å². The normalized spacial score (nSPS) is 17.6. The number of carbonyl (C=O) groups excluding carboxylic acids is 1. The Balaban J connectivity index is 1.63. The van der Waals surface area contributed by atoms with Crippen LogP contribution in [0.3, 0.4) is 0 Å². The van der Waals surface area contributed by atoms with Gasteiger partial charge in [-0.25, -0.2) is 9.98 Å². The Kier molecular flexibility index (Phi) is 4.07. The number of fused-ring (bicyclic) bond motifs is 1. The third-order valence-electron chi connectivity index (χ3n) is 3.54. The Labute approximate surface area is 152 Å². The minimum Gasteiger partial charge on any atom is -0.441 e. The molecule has 1 amide bonds. The van der Waals surface area contributed by atoms with Crippen LogP contribution in [0.25, 0.3) is 17.2 Å². The number of thioether (sulfide) groups is 1. The Morgan fingerprint density at radius 2 is 2.12 bits per heavy atom. The van der Waals surface area contributed by atoms with Crippen molar-refractivity contribution in [2.75, 3.05) is 0 Å². The molecular formula is C18H12ClN3O2S. The minimum absolute atomic E-state index is 0.190. The molecule has 0 spiro atoms. The first kappa shape index (κ1) is 15.9. The lowest BCUT2D eigenvalue weighted by molar-refractivity contribution is -0.115. The van der Waals surface area contributed by atoms with Gasteiger partial charge >= 0.3 is 0 Å². The van der Waals surface area contributed by atoms with Crippen molar-refractivity contribution < 1.29 is 9.21 Å². The van der Waals surface area contributed by atoms with Crippen LogP contribution >= 0.6 is 23.4 Å². The van der Waals surface area contributed by atoms with E-state index in [1.165, 1.54) is 11.8 Å². The Morgan fingerprint density at radius 1 is 1.28 bits per heavy atom. The van der Waals surface area contributed by atoms with Crippen molar-refractivity contribution in [3.63, 3.8) is 0 Å². The van der Waals surface area contributed by atoms with E-state index >= 15 is 0 Å². The average molecular weight is 370 g/mol. The molecule has 0 radical (unpaired) electrons. The number of hydrogen-bond acceptors (Lipinski definition) is 5. The van der Waals surface area contributed by atoms with Gasteiger partial charge < -0.3 is 9.73 Å². The molecule has 4 rings (SSSR count). The first-order valence-electron chi connectivity index (χ1n) is 7.50. The quantitative estimate of drug-likeness (QED) is 0.666. The second-order valence-corrected chi connectivity index (χ2v) is 6.83. The van der Waals surface area contributed by atoms with Crippen LogP contribution in [0.2, 0.25) is 5.02 Å². The zero-order valence-corrected chi connectivity index (χ0v) is 14.7. The van der Waals surface area contributed by atoms with Crippen LogP contribution in [0.1, 0.15) is 11.5 Å². The number of carbonyl (C=O) groups is 1. The minimum atomic E-state index is -0.190. The third kappa shape index (κ3) is 3.31. The number of amidine groups is 1. The van der Waals surface area contributed by atoms with Gasteiger partial charge in [0, 0.05) is 6.92 Å². The molecular weight excluding hydrogens is 358 g/mol. The summed E-state index contributed by atoms with van der Waals surface area (Å²) in [5, 5.41) is 3.79. The van der Waals surface area contributed by atoms with Gasteiger partial charge in [-0.1, -0.05) is 29.8 Å². The summed E-state index contributed by atoms with van der Waals surface area (Å²) in [6.45, 7) is 1.80. The molecule has 25 heavy (non-hydrogen) atoms. The molecule has 2 aromatic carbocycles. The largest absolute Gasteiger partial charge is 0.441 e. The highest BCUT2D eigenvalue weighted by atomic mass is 35.5. The van der Waals surface area contributed by atoms with Gasteiger partial charge in [0.1, 0.15) is 5.52 Å². The molecule has 1 aliphatic rings. The van der Waals surface area contributed by atoms with E-state index in [-0.39, 0.29) is 5.91 Å². The van der Waals surface area contributed by atoms with E-state index in [9.17, 15) is 4.79 Å². The highest BCUT2D eigenvalue weighted by Crippen LogP contribution is 2.31. The van der Waals surface area contributed by atoms with Crippen LogP contribution in [-0.2, 0) is 4.79 Å². The van der Waals surface area contributed by atoms with Gasteiger partial charge in [-0.05, 0) is 47.7 Å². The third-order valence-corrected chi connectivity index (χ3v) is 4.77. The maximum absolute atomic E-state index is 12.2. The molecule has 5 nitrogen and oxygen atoms in total. The van der Waals surface area contributed by atoms with Crippen molar-refractivity contribution >= 4 is 57.3 Å². The van der Waals surface area contributed by atoms with Crippen molar-refractivity contribution in [2.24, 2.45) is 4.99 Å². The molecule has 0 unspecified atom stereocenters. The molecule has 0 saturated carbocycles. The van der Waals surface area contributed by atoms with Gasteiger partial charge in [-0.15, -0.1) is 0 Å². The molecule has 3 aromatic rings. The van der Waals surface area contributed by atoms with Crippen molar-refractivity contribution in [1.29, 1.82) is 0 Å². The van der Waals surface area contributed by atoms with Gasteiger partial charge in [-0.3, -0.25) is 4.79 Å². The maximum Gasteiger partial charge on any atom is 0.264 e. The van der Waals surface area contributed by atoms with Crippen molar-refractivity contribution in [2.45, 2.75) is 6.92 Å². The Morgan fingerprint density at radius 3 is 2.96 bits per heavy atom. The summed E-state index contributed by atoms with van der Waals surface area (Å²) in [6, 6.07) is 12.9. The van der Waals surface area contributed by atoms with Crippen molar-refractivity contribution in [1.82, 2.24) is 10.3 Å². The fourth-order valence-electron chi connectivity index (χ4n) is 2.43. The summed E-state index contributed by atoms with van der Waals surface area (Å²) in [5.74, 6) is 0.423. The van der Waals surface area contributed by atoms with Gasteiger partial charge in [0.25, 0.3) is 5.91 Å². The number of amides is 1. The second kappa shape index (κ2) is 6.38. The van der Waals surface area contributed by atoms with Crippen molar-refractivity contribution in [3.8, 4) is 0 Å². The SMILES string of the molecule is Cc1nc2ccc(C=C3SC(=Nc4ccccc4Cl)NC3=O)cc2o1. The summed E-state index contributed by atoms with van der Waals surface area (Å²) >= 11 is 7.38. The van der Waals surface area contributed by atoms with Crippen LogP contribution in [0, 0.1) is 6.92 Å². The Hall–Kier alpha value is -2.57. The summed E-state index contributed by atoms with van der Waals surface area (Å²) < 4.78 is 5.53. The van der Waals surface area contributed by atoms with Crippen LogP contribution in [0.5, 0.6) is 0 Å². The molecule has 124 valence electrons. The van der Waals surface area contributed by atoms with E-state index in [1.54, 1.807) is 25.1 Å². The summed E-state index contributed by atoms with van der Waals surface area (Å²) in [4.78, 5) is 21.4. The lowest BCUT2D eigenvalue weighted by Crippen LogP contribution is -2.19. The molecule has 1 saturated heterocycles. The summed E-state index contributed by atoms with van der Waals surface area (Å²) in [6.07, 6.45) is 1.80. The van der Waals surface area contributed by atoms with E-state index < -0.39 is 0 Å². The van der Waals surface area contributed by atoms with E-state index in [2.05, 4.69) is 15.3 Å². The van der Waals surface area contributed by atoms with Crippen LogP contribution in [0.15, 0.2) is 56.8 Å².